The minimum Gasteiger partial charge on any atom is -0.478 e. The van der Waals surface area contributed by atoms with Crippen molar-refractivity contribution in [3.63, 3.8) is 0 Å². The van der Waals surface area contributed by atoms with E-state index < -0.39 is 17.9 Å². The van der Waals surface area contributed by atoms with Gasteiger partial charge >= 0.3 is 17.9 Å². The first-order chi connectivity index (χ1) is 17.4. The molecule has 0 fully saturated rings. The van der Waals surface area contributed by atoms with Gasteiger partial charge in [-0.15, -0.1) is 6.92 Å². The molecule has 3 aromatic rings. The molecule has 3 N–H and O–H groups in total. The van der Waals surface area contributed by atoms with Gasteiger partial charge in [0.1, 0.15) is 0 Å². The van der Waals surface area contributed by atoms with Crippen molar-refractivity contribution in [1.29, 1.82) is 0 Å². The topological polar surface area (TPSA) is 112 Å². The van der Waals surface area contributed by atoms with E-state index in [2.05, 4.69) is 40.7 Å². The van der Waals surface area contributed by atoms with Crippen molar-refractivity contribution in [2.75, 3.05) is 0 Å². The van der Waals surface area contributed by atoms with E-state index in [4.69, 9.17) is 15.3 Å². The smallest absolute Gasteiger partial charge is 0.335 e. The fourth-order valence-electron chi connectivity index (χ4n) is 3.15. The first-order valence-corrected chi connectivity index (χ1v) is 11.5. The number of carbonyl (C=O) groups is 3. The van der Waals surface area contributed by atoms with Gasteiger partial charge in [-0.05, 0) is 36.4 Å². The van der Waals surface area contributed by atoms with E-state index in [9.17, 15) is 14.4 Å². The second-order valence-corrected chi connectivity index (χ2v) is 8.64. The number of carboxylic acid groups (broad SMARTS) is 3. The largest absolute Gasteiger partial charge is 0.478 e. The third kappa shape index (κ3) is 12.1. The molecular formula is C31H33O6Zr-. The average molecular weight is 593 g/mol. The predicted molar refractivity (Wildman–Crippen MR) is 145 cm³/mol. The first-order valence-electron chi connectivity index (χ1n) is 11.5. The summed E-state index contributed by atoms with van der Waals surface area (Å²) in [5, 5.41) is 25.2. The van der Waals surface area contributed by atoms with Crippen molar-refractivity contribution in [2.45, 2.75) is 34.6 Å². The van der Waals surface area contributed by atoms with Gasteiger partial charge in [-0.3, -0.25) is 6.08 Å². The minimum absolute atomic E-state index is 0. The molecule has 0 spiro atoms. The summed E-state index contributed by atoms with van der Waals surface area (Å²) in [6.07, 6.45) is 3.44. The molecule has 6 nitrogen and oxygen atoms in total. The van der Waals surface area contributed by atoms with Crippen LogP contribution in [0.5, 0.6) is 0 Å². The summed E-state index contributed by atoms with van der Waals surface area (Å²) in [6, 6.07) is 24.9. The van der Waals surface area contributed by atoms with E-state index in [0.717, 1.165) is 0 Å². The molecule has 198 valence electrons. The first kappa shape index (κ1) is 34.4. The Bertz CT molecular complexity index is 1110. The second-order valence-electron chi connectivity index (χ2n) is 8.64. The van der Waals surface area contributed by atoms with Crippen LogP contribution in [-0.2, 0) is 26.2 Å². The molecule has 0 radical (unpaired) electrons. The van der Waals surface area contributed by atoms with E-state index in [1.54, 1.807) is 91.0 Å². The van der Waals surface area contributed by atoms with Crippen LogP contribution in [0, 0.1) is 11.5 Å². The van der Waals surface area contributed by atoms with Crippen LogP contribution in [0.15, 0.2) is 108 Å². The fraction of sp³-hybridized carbons (Fsp3) is 0.194. The van der Waals surface area contributed by atoms with Crippen molar-refractivity contribution in [3.8, 4) is 0 Å². The molecule has 3 aromatic carbocycles. The van der Waals surface area contributed by atoms with Gasteiger partial charge in [0.15, 0.2) is 0 Å². The quantitative estimate of drug-likeness (QED) is 0.276. The number of aromatic carboxylic acids is 3. The number of benzene rings is 3. The Hall–Kier alpha value is -3.57. The fourth-order valence-corrected chi connectivity index (χ4v) is 3.15. The molecule has 0 atom stereocenters. The van der Waals surface area contributed by atoms with Gasteiger partial charge in [0.05, 0.1) is 16.7 Å². The predicted octanol–water partition coefficient (Wildman–Crippen LogP) is 7.26. The zero-order chi connectivity index (χ0) is 28.0. The van der Waals surface area contributed by atoms with E-state index in [1.165, 1.54) is 16.7 Å². The Morgan fingerprint density at radius 3 is 0.947 bits per heavy atom. The van der Waals surface area contributed by atoms with Gasteiger partial charge in [-0.2, -0.15) is 11.1 Å². The standard InChI is InChI=1S/C10H15.3C7H6O2.Zr/c1-7-6-10(4,5)9(3)8(7)2;3*8-7(9)6-4-2-1-3-5-6;/h1-5H3;3*1-5H,(H,8,9);/q-1;;;;. The Kier molecular flexibility index (Phi) is 15.4. The van der Waals surface area contributed by atoms with Crippen LogP contribution < -0.4 is 0 Å². The molecule has 0 unspecified atom stereocenters. The van der Waals surface area contributed by atoms with E-state index >= 15 is 0 Å². The Balaban J connectivity index is 0.000000477. The van der Waals surface area contributed by atoms with Crippen LogP contribution >= 0.6 is 0 Å². The maximum atomic E-state index is 10.2. The molecule has 0 saturated carbocycles. The molecule has 7 heteroatoms. The number of carboxylic acids is 3. The molecule has 0 aromatic heterocycles. The van der Waals surface area contributed by atoms with E-state index in [-0.39, 0.29) is 31.6 Å². The molecule has 0 aliphatic heterocycles. The summed E-state index contributed by atoms with van der Waals surface area (Å²) in [5.74, 6) is -2.64. The van der Waals surface area contributed by atoms with Crippen LogP contribution in [0.25, 0.3) is 0 Å². The number of hydrogen-bond donors (Lipinski definition) is 3. The van der Waals surface area contributed by atoms with Crippen molar-refractivity contribution >= 4 is 17.9 Å². The summed E-state index contributed by atoms with van der Waals surface area (Å²) >= 11 is 0. The van der Waals surface area contributed by atoms with Crippen LogP contribution in [0.4, 0.5) is 0 Å². The summed E-state index contributed by atoms with van der Waals surface area (Å²) in [5.41, 5.74) is 5.39. The molecular weight excluding hydrogens is 560 g/mol. The van der Waals surface area contributed by atoms with E-state index in [1.807, 2.05) is 0 Å². The SMILES string of the molecule is CC1=[C-]C(C)(C)C(C)=C1C.O=C(O)c1ccccc1.O=C(O)c1ccccc1.O=C(O)c1ccccc1.[Zr]. The molecule has 1 aliphatic rings. The van der Waals surface area contributed by atoms with Gasteiger partial charge in [0.2, 0.25) is 0 Å². The zero-order valence-electron chi connectivity index (χ0n) is 22.2. The van der Waals surface area contributed by atoms with E-state index in [0.29, 0.717) is 16.7 Å². The molecule has 4 rings (SSSR count). The Morgan fingerprint density at radius 1 is 0.579 bits per heavy atom. The molecule has 0 heterocycles. The third-order valence-corrected chi connectivity index (χ3v) is 5.62. The summed E-state index contributed by atoms with van der Waals surface area (Å²) in [6.45, 7) is 10.9. The van der Waals surface area contributed by atoms with Crippen molar-refractivity contribution < 1.29 is 55.9 Å². The van der Waals surface area contributed by atoms with Crippen LogP contribution in [0.1, 0.15) is 65.7 Å². The summed E-state index contributed by atoms with van der Waals surface area (Å²) in [4.78, 5) is 30.6. The second kappa shape index (κ2) is 17.0. The molecule has 0 saturated heterocycles. The Morgan fingerprint density at radius 2 is 0.842 bits per heavy atom. The summed E-state index contributed by atoms with van der Waals surface area (Å²) < 4.78 is 0. The van der Waals surface area contributed by atoms with Crippen LogP contribution in [0.3, 0.4) is 0 Å². The normalized spacial score (nSPS) is 12.5. The monoisotopic (exact) mass is 591 g/mol. The van der Waals surface area contributed by atoms with Gasteiger partial charge < -0.3 is 15.3 Å². The van der Waals surface area contributed by atoms with Crippen molar-refractivity contribution in [1.82, 2.24) is 0 Å². The molecule has 0 bridgehead atoms. The molecule has 1 aliphatic carbocycles. The number of allylic oxidation sites excluding steroid dienone is 4. The maximum absolute atomic E-state index is 10.2. The maximum Gasteiger partial charge on any atom is 0.335 e. The zero-order valence-corrected chi connectivity index (χ0v) is 24.7. The van der Waals surface area contributed by atoms with Crippen molar-refractivity contribution in [3.05, 3.63) is 130 Å². The van der Waals surface area contributed by atoms with Crippen molar-refractivity contribution in [2.24, 2.45) is 5.41 Å². The minimum atomic E-state index is -0.879. The number of hydrogen-bond acceptors (Lipinski definition) is 3. The van der Waals surface area contributed by atoms with Crippen LogP contribution in [0.2, 0.25) is 0 Å². The van der Waals surface area contributed by atoms with Gasteiger partial charge in [0, 0.05) is 26.2 Å². The van der Waals surface area contributed by atoms with Gasteiger partial charge in [-0.25, -0.2) is 20.0 Å². The molecule has 0 amide bonds. The summed E-state index contributed by atoms with van der Waals surface area (Å²) in [7, 11) is 0. The van der Waals surface area contributed by atoms with Gasteiger partial charge in [-0.1, -0.05) is 87.7 Å². The Labute approximate surface area is 243 Å². The number of rotatable bonds is 3. The average Bonchev–Trinajstić information content (AvgIpc) is 3.07. The third-order valence-electron chi connectivity index (χ3n) is 5.62. The molecule has 38 heavy (non-hydrogen) atoms. The van der Waals surface area contributed by atoms with Gasteiger partial charge in [0.25, 0.3) is 0 Å². The van der Waals surface area contributed by atoms with Crippen LogP contribution in [-0.4, -0.2) is 33.2 Å².